The van der Waals surface area contributed by atoms with Crippen molar-refractivity contribution in [3.63, 3.8) is 0 Å². The molecule has 1 aromatic carbocycles. The molecule has 0 heterocycles. The molecule has 1 aromatic rings. The number of halogens is 6. The van der Waals surface area contributed by atoms with E-state index in [0.29, 0.717) is 0 Å². The van der Waals surface area contributed by atoms with E-state index in [0.717, 1.165) is 0 Å². The number of rotatable bonds is 1. The fraction of sp³-hybridized carbons (Fsp3) is 0.143. The number of hydrogen-bond donors (Lipinski definition) is 0. The maximum atomic E-state index is 13.1. The summed E-state index contributed by atoms with van der Waals surface area (Å²) < 4.78 is 48.9. The second-order valence-corrected chi connectivity index (χ2v) is 4.98. The van der Waals surface area contributed by atoms with E-state index in [2.05, 4.69) is 31.9 Å². The summed E-state index contributed by atoms with van der Waals surface area (Å²) in [5.41, 5.74) is -4.41. The van der Waals surface area contributed by atoms with Gasteiger partial charge in [-0.1, -0.05) is 0 Å². The molecular weight excluding hydrogens is 352 g/mol. The van der Waals surface area contributed by atoms with Crippen molar-refractivity contribution in [2.75, 3.05) is 0 Å². The van der Waals surface area contributed by atoms with E-state index in [4.69, 9.17) is 0 Å². The van der Waals surface area contributed by atoms with Crippen LogP contribution in [0.2, 0.25) is 0 Å². The lowest BCUT2D eigenvalue weighted by Gasteiger charge is -2.08. The minimum atomic E-state index is -4.41. The minimum Gasteiger partial charge on any atom is -0.204 e. The number of alkyl halides is 3. The van der Waals surface area contributed by atoms with E-state index in [1.165, 1.54) is 12.1 Å². The van der Waals surface area contributed by atoms with Gasteiger partial charge in [-0.25, -0.2) is 4.39 Å². The lowest BCUT2D eigenvalue weighted by molar-refractivity contribution is -0.0328. The van der Waals surface area contributed by atoms with Gasteiger partial charge in [0, 0.05) is 4.90 Å². The Morgan fingerprint density at radius 2 is 1.71 bits per heavy atom. The topological polar surface area (TPSA) is 0 Å². The summed E-state index contributed by atoms with van der Waals surface area (Å²) in [4.78, 5) is -0.196. The molecule has 0 aliphatic heterocycles. The van der Waals surface area contributed by atoms with Gasteiger partial charge in [-0.3, -0.25) is 0 Å². The largest absolute Gasteiger partial charge is 0.446 e. The zero-order chi connectivity index (χ0) is 10.9. The molecule has 7 heteroatoms. The van der Waals surface area contributed by atoms with Crippen LogP contribution in [0.5, 0.6) is 0 Å². The molecule has 0 aliphatic carbocycles. The highest BCUT2D eigenvalue weighted by molar-refractivity contribution is 9.11. The molecule has 0 aromatic heterocycles. The van der Waals surface area contributed by atoms with E-state index in [9.17, 15) is 17.6 Å². The lowest BCUT2D eigenvalue weighted by atomic mass is 10.3. The molecule has 0 spiro atoms. The minimum absolute atomic E-state index is 0.121. The fourth-order valence-electron chi connectivity index (χ4n) is 0.712. The van der Waals surface area contributed by atoms with Gasteiger partial charge in [0.1, 0.15) is 0 Å². The second-order valence-electron chi connectivity index (χ2n) is 2.22. The summed E-state index contributed by atoms with van der Waals surface area (Å²) in [6, 6.07) is 2.42. The average Bonchev–Trinajstić information content (AvgIpc) is 2.04. The van der Waals surface area contributed by atoms with E-state index < -0.39 is 11.3 Å². The molecule has 78 valence electrons. The second kappa shape index (κ2) is 4.40. The van der Waals surface area contributed by atoms with Crippen molar-refractivity contribution >= 4 is 43.6 Å². The summed E-state index contributed by atoms with van der Waals surface area (Å²) >= 11 is 5.26. The first-order valence-electron chi connectivity index (χ1n) is 3.20. The molecule has 0 aliphatic rings. The van der Waals surface area contributed by atoms with Crippen LogP contribution in [0.4, 0.5) is 17.6 Å². The van der Waals surface area contributed by atoms with Gasteiger partial charge >= 0.3 is 5.51 Å². The van der Waals surface area contributed by atoms with Crippen molar-refractivity contribution in [1.82, 2.24) is 0 Å². The molecule has 1 rings (SSSR count). The summed E-state index contributed by atoms with van der Waals surface area (Å²) in [5.74, 6) is -0.737. The maximum Gasteiger partial charge on any atom is 0.446 e. The first-order valence-corrected chi connectivity index (χ1v) is 5.61. The maximum absolute atomic E-state index is 13.1. The fourth-order valence-corrected chi connectivity index (χ4v) is 2.46. The van der Waals surface area contributed by atoms with Crippen LogP contribution in [0.3, 0.4) is 0 Å². The quantitative estimate of drug-likeness (QED) is 0.390. The molecule has 0 saturated heterocycles. The van der Waals surface area contributed by atoms with Crippen LogP contribution in [0.1, 0.15) is 0 Å². The Morgan fingerprint density at radius 3 is 2.21 bits per heavy atom. The Kier molecular flexibility index (Phi) is 3.87. The smallest absolute Gasteiger partial charge is 0.204 e. The Balaban J connectivity index is 3.06. The first kappa shape index (κ1) is 12.3. The van der Waals surface area contributed by atoms with Crippen LogP contribution in [0, 0.1) is 5.82 Å². The van der Waals surface area contributed by atoms with Crippen molar-refractivity contribution in [1.29, 1.82) is 0 Å². The molecule has 0 radical (unpaired) electrons. The molecule has 0 bridgehead atoms. The normalized spacial score (nSPS) is 11.9. The third-order valence-electron chi connectivity index (χ3n) is 1.23. The molecule has 0 unspecified atom stereocenters. The Bertz CT molecular complexity index is 350. The summed E-state index contributed by atoms with van der Waals surface area (Å²) in [6.45, 7) is 0. The van der Waals surface area contributed by atoms with Gasteiger partial charge < -0.3 is 0 Å². The van der Waals surface area contributed by atoms with E-state index in [-0.39, 0.29) is 25.6 Å². The van der Waals surface area contributed by atoms with Crippen LogP contribution in [0.25, 0.3) is 0 Å². The highest BCUT2D eigenvalue weighted by atomic mass is 79.9. The summed E-state index contributed by atoms with van der Waals surface area (Å²) in [7, 11) is 0. The molecule has 0 amide bonds. The number of benzene rings is 1. The molecule has 0 atom stereocenters. The van der Waals surface area contributed by atoms with Gasteiger partial charge in [0.25, 0.3) is 0 Å². The molecule has 0 saturated carbocycles. The summed E-state index contributed by atoms with van der Waals surface area (Å²) in [6.07, 6.45) is 0. The van der Waals surface area contributed by atoms with Gasteiger partial charge in [-0.05, 0) is 55.8 Å². The molecule has 14 heavy (non-hydrogen) atoms. The number of thioether (sulfide) groups is 1. The number of hydrogen-bond acceptors (Lipinski definition) is 1. The van der Waals surface area contributed by atoms with Crippen molar-refractivity contribution in [2.45, 2.75) is 10.4 Å². The average molecular weight is 354 g/mol. The summed E-state index contributed by atoms with van der Waals surface area (Å²) in [5, 5.41) is 0. The van der Waals surface area contributed by atoms with Gasteiger partial charge in [0.05, 0.1) is 8.95 Å². The van der Waals surface area contributed by atoms with Crippen LogP contribution in [0.15, 0.2) is 26.0 Å². The molecular formula is C7H2Br2F4S. The molecule has 0 N–H and O–H groups in total. The Morgan fingerprint density at radius 1 is 1.14 bits per heavy atom. The predicted molar refractivity (Wildman–Crippen MR) is 53.7 cm³/mol. The monoisotopic (exact) mass is 352 g/mol. The van der Waals surface area contributed by atoms with Crippen molar-refractivity contribution in [3.05, 3.63) is 26.9 Å². The van der Waals surface area contributed by atoms with Gasteiger partial charge in [0.2, 0.25) is 0 Å². The van der Waals surface area contributed by atoms with Crippen molar-refractivity contribution in [2.24, 2.45) is 0 Å². The van der Waals surface area contributed by atoms with Crippen LogP contribution in [-0.4, -0.2) is 5.51 Å². The highest BCUT2D eigenvalue weighted by Gasteiger charge is 2.30. The van der Waals surface area contributed by atoms with Gasteiger partial charge in [-0.15, -0.1) is 0 Å². The van der Waals surface area contributed by atoms with Crippen molar-refractivity contribution in [3.8, 4) is 0 Å². The highest BCUT2D eigenvalue weighted by Crippen LogP contribution is 2.42. The lowest BCUT2D eigenvalue weighted by Crippen LogP contribution is -2.00. The van der Waals surface area contributed by atoms with Crippen molar-refractivity contribution < 1.29 is 17.6 Å². The molecule has 0 fully saturated rings. The third kappa shape index (κ3) is 3.13. The van der Waals surface area contributed by atoms with E-state index in [1.54, 1.807) is 0 Å². The van der Waals surface area contributed by atoms with E-state index >= 15 is 0 Å². The van der Waals surface area contributed by atoms with Crippen LogP contribution in [-0.2, 0) is 0 Å². The predicted octanol–water partition coefficient (Wildman–Crippen LogP) is 4.96. The Hall–Kier alpha value is 0.250. The first-order chi connectivity index (χ1) is 6.31. The van der Waals surface area contributed by atoms with E-state index in [1.807, 2.05) is 0 Å². The van der Waals surface area contributed by atoms with Gasteiger partial charge in [0.15, 0.2) is 5.82 Å². The zero-order valence-electron chi connectivity index (χ0n) is 6.33. The third-order valence-corrected chi connectivity index (χ3v) is 3.67. The SMILES string of the molecule is Fc1c(Br)ccc(SC(F)(F)F)c1Br. The standard InChI is InChI=1S/C7H2Br2F4S/c8-3-1-2-4(5(9)6(3)10)14-7(11,12)13/h1-2H. The van der Waals surface area contributed by atoms with Crippen LogP contribution < -0.4 is 0 Å². The van der Waals surface area contributed by atoms with Gasteiger partial charge in [-0.2, -0.15) is 13.2 Å². The van der Waals surface area contributed by atoms with Crippen LogP contribution >= 0.6 is 43.6 Å². The Labute approximate surface area is 98.3 Å². The zero-order valence-corrected chi connectivity index (χ0v) is 10.3. The molecule has 0 nitrogen and oxygen atoms in total.